The van der Waals surface area contributed by atoms with Gasteiger partial charge in [0, 0.05) is 6.04 Å². The highest BCUT2D eigenvalue weighted by atomic mass is 32.1. The van der Waals surface area contributed by atoms with E-state index in [9.17, 15) is 0 Å². The van der Waals surface area contributed by atoms with Crippen molar-refractivity contribution < 1.29 is 0 Å². The van der Waals surface area contributed by atoms with Crippen molar-refractivity contribution in [3.63, 3.8) is 0 Å². The number of nitrogens with one attached hydrogen (secondary N) is 1. The predicted molar refractivity (Wildman–Crippen MR) is 91.0 cm³/mol. The van der Waals surface area contributed by atoms with Crippen LogP contribution in [0.3, 0.4) is 0 Å². The zero-order chi connectivity index (χ0) is 14.1. The summed E-state index contributed by atoms with van der Waals surface area (Å²) in [6.07, 6.45) is 2.25. The first-order valence-corrected chi connectivity index (χ1v) is 8.24. The average molecular weight is 291 g/mol. The number of anilines is 1. The summed E-state index contributed by atoms with van der Waals surface area (Å²) in [6.45, 7) is 0. The highest BCUT2D eigenvalue weighted by Gasteiger charge is 2.21. The molecule has 1 N–H and O–H groups in total. The Hall–Kier alpha value is -2.06. The minimum absolute atomic E-state index is 0.513. The van der Waals surface area contributed by atoms with Gasteiger partial charge in [-0.05, 0) is 41.0 Å². The molecule has 0 bridgehead atoms. The number of fused-ring (bicyclic) bond motifs is 1. The molecule has 0 radical (unpaired) electrons. The number of thiophene rings is 1. The van der Waals surface area contributed by atoms with Crippen molar-refractivity contribution in [3.05, 3.63) is 77.2 Å². The SMILES string of the molecule is c1ccc(-c2sccc2NC2Cc3ccccc3C2)cc1. The molecule has 0 fully saturated rings. The van der Waals surface area contributed by atoms with Gasteiger partial charge in [-0.1, -0.05) is 54.6 Å². The van der Waals surface area contributed by atoms with Crippen LogP contribution in [0.5, 0.6) is 0 Å². The largest absolute Gasteiger partial charge is 0.380 e. The topological polar surface area (TPSA) is 12.0 Å². The summed E-state index contributed by atoms with van der Waals surface area (Å²) in [4.78, 5) is 1.34. The van der Waals surface area contributed by atoms with E-state index < -0.39 is 0 Å². The maximum Gasteiger partial charge on any atom is 0.0574 e. The Morgan fingerprint density at radius 3 is 2.19 bits per heavy atom. The summed E-state index contributed by atoms with van der Waals surface area (Å²) < 4.78 is 0. The van der Waals surface area contributed by atoms with E-state index in [0.29, 0.717) is 6.04 Å². The van der Waals surface area contributed by atoms with E-state index in [0.717, 1.165) is 12.8 Å². The third-order valence-electron chi connectivity index (χ3n) is 4.11. The molecule has 0 saturated heterocycles. The van der Waals surface area contributed by atoms with Crippen molar-refractivity contribution >= 4 is 17.0 Å². The predicted octanol–water partition coefficient (Wildman–Crippen LogP) is 4.99. The van der Waals surface area contributed by atoms with Gasteiger partial charge in [0.2, 0.25) is 0 Å². The number of benzene rings is 2. The maximum absolute atomic E-state index is 3.75. The second kappa shape index (κ2) is 5.38. The summed E-state index contributed by atoms with van der Waals surface area (Å²) in [5.74, 6) is 0. The lowest BCUT2D eigenvalue weighted by atomic mass is 10.1. The molecule has 3 aromatic rings. The van der Waals surface area contributed by atoms with Gasteiger partial charge in [0.1, 0.15) is 0 Å². The van der Waals surface area contributed by atoms with Crippen LogP contribution in [0.4, 0.5) is 5.69 Å². The first kappa shape index (κ1) is 12.7. The van der Waals surface area contributed by atoms with Crippen molar-refractivity contribution in [1.29, 1.82) is 0 Å². The van der Waals surface area contributed by atoms with Gasteiger partial charge < -0.3 is 5.32 Å². The van der Waals surface area contributed by atoms with Crippen LogP contribution in [0.15, 0.2) is 66.0 Å². The van der Waals surface area contributed by atoms with Gasteiger partial charge in [-0.15, -0.1) is 11.3 Å². The lowest BCUT2D eigenvalue weighted by Gasteiger charge is -2.14. The highest BCUT2D eigenvalue weighted by molar-refractivity contribution is 7.14. The lowest BCUT2D eigenvalue weighted by Crippen LogP contribution is -2.19. The minimum atomic E-state index is 0.513. The smallest absolute Gasteiger partial charge is 0.0574 e. The van der Waals surface area contributed by atoms with Gasteiger partial charge in [0.25, 0.3) is 0 Å². The molecule has 0 saturated carbocycles. The van der Waals surface area contributed by atoms with E-state index in [4.69, 9.17) is 0 Å². The molecule has 1 heterocycles. The van der Waals surface area contributed by atoms with Gasteiger partial charge in [0.15, 0.2) is 0 Å². The molecule has 0 amide bonds. The fourth-order valence-corrected chi connectivity index (χ4v) is 3.98. The summed E-state index contributed by atoms with van der Waals surface area (Å²) in [5.41, 5.74) is 5.55. The molecule has 0 atom stereocenters. The summed E-state index contributed by atoms with van der Waals surface area (Å²) in [5, 5.41) is 5.92. The number of hydrogen-bond acceptors (Lipinski definition) is 2. The molecule has 0 aliphatic heterocycles. The third-order valence-corrected chi connectivity index (χ3v) is 5.08. The van der Waals surface area contributed by atoms with E-state index in [1.807, 2.05) is 11.3 Å². The zero-order valence-corrected chi connectivity index (χ0v) is 12.6. The normalized spacial score (nSPS) is 14.1. The minimum Gasteiger partial charge on any atom is -0.380 e. The van der Waals surface area contributed by atoms with Gasteiger partial charge in [-0.2, -0.15) is 0 Å². The van der Waals surface area contributed by atoms with Gasteiger partial charge in [0.05, 0.1) is 10.6 Å². The average Bonchev–Trinajstić information content (AvgIpc) is 3.14. The van der Waals surface area contributed by atoms with E-state index in [1.165, 1.54) is 27.3 Å². The van der Waals surface area contributed by atoms with E-state index in [1.54, 1.807) is 0 Å². The van der Waals surface area contributed by atoms with Crippen LogP contribution in [0, 0.1) is 0 Å². The Kier molecular flexibility index (Phi) is 3.24. The quantitative estimate of drug-likeness (QED) is 0.716. The first-order chi connectivity index (χ1) is 10.4. The molecule has 2 heteroatoms. The van der Waals surface area contributed by atoms with E-state index in [-0.39, 0.29) is 0 Å². The van der Waals surface area contributed by atoms with Crippen molar-refractivity contribution in [2.45, 2.75) is 18.9 Å². The Morgan fingerprint density at radius 2 is 1.48 bits per heavy atom. The zero-order valence-electron chi connectivity index (χ0n) is 11.8. The van der Waals surface area contributed by atoms with Crippen molar-refractivity contribution in [3.8, 4) is 10.4 Å². The van der Waals surface area contributed by atoms with Gasteiger partial charge in [-0.3, -0.25) is 0 Å². The number of rotatable bonds is 3. The Bertz CT molecular complexity index is 720. The van der Waals surface area contributed by atoms with Crippen LogP contribution >= 0.6 is 11.3 Å². The second-order valence-electron chi connectivity index (χ2n) is 5.55. The molecule has 1 aromatic heterocycles. The van der Waals surface area contributed by atoms with Crippen molar-refractivity contribution in [2.24, 2.45) is 0 Å². The van der Waals surface area contributed by atoms with Crippen LogP contribution in [-0.4, -0.2) is 6.04 Å². The van der Waals surface area contributed by atoms with Crippen LogP contribution in [0.25, 0.3) is 10.4 Å². The molecule has 1 aliphatic rings. The lowest BCUT2D eigenvalue weighted by molar-refractivity contribution is 0.775. The molecule has 2 aromatic carbocycles. The molecule has 0 spiro atoms. The maximum atomic E-state index is 3.75. The molecular weight excluding hydrogens is 274 g/mol. The highest BCUT2D eigenvalue weighted by Crippen LogP contribution is 2.35. The van der Waals surface area contributed by atoms with E-state index >= 15 is 0 Å². The Labute approximate surface area is 129 Å². The Morgan fingerprint density at radius 1 is 0.810 bits per heavy atom. The van der Waals surface area contributed by atoms with Gasteiger partial charge in [-0.25, -0.2) is 0 Å². The molecule has 4 rings (SSSR count). The fraction of sp³-hybridized carbons (Fsp3) is 0.158. The van der Waals surface area contributed by atoms with Crippen molar-refractivity contribution in [1.82, 2.24) is 0 Å². The van der Waals surface area contributed by atoms with Crippen LogP contribution in [0.1, 0.15) is 11.1 Å². The van der Waals surface area contributed by atoms with Crippen LogP contribution in [0.2, 0.25) is 0 Å². The van der Waals surface area contributed by atoms with Gasteiger partial charge >= 0.3 is 0 Å². The fourth-order valence-electron chi connectivity index (χ4n) is 3.12. The molecule has 0 unspecified atom stereocenters. The standard InChI is InChI=1S/C19H17NS/c1-2-6-14(7-3-1)19-18(10-11-21-19)20-17-12-15-8-4-5-9-16(15)13-17/h1-11,17,20H,12-13H2. The monoisotopic (exact) mass is 291 g/mol. The van der Waals surface area contributed by atoms with Crippen LogP contribution < -0.4 is 5.32 Å². The molecule has 1 nitrogen and oxygen atoms in total. The molecular formula is C19H17NS. The van der Waals surface area contributed by atoms with Crippen LogP contribution in [-0.2, 0) is 12.8 Å². The first-order valence-electron chi connectivity index (χ1n) is 7.36. The molecule has 1 aliphatic carbocycles. The Balaban J connectivity index is 1.56. The van der Waals surface area contributed by atoms with E-state index in [2.05, 4.69) is 71.4 Å². The van der Waals surface area contributed by atoms with Crippen molar-refractivity contribution in [2.75, 3.05) is 5.32 Å². The molecule has 21 heavy (non-hydrogen) atoms. The number of hydrogen-bond donors (Lipinski definition) is 1. The summed E-state index contributed by atoms with van der Waals surface area (Å²) in [7, 11) is 0. The molecule has 104 valence electrons. The summed E-state index contributed by atoms with van der Waals surface area (Å²) >= 11 is 1.81. The second-order valence-corrected chi connectivity index (χ2v) is 6.46. The third kappa shape index (κ3) is 2.47. The summed E-state index contributed by atoms with van der Waals surface area (Å²) in [6, 6.07) is 22.1.